The fourth-order valence-electron chi connectivity index (χ4n) is 17.1. The first kappa shape index (κ1) is 119. The minimum absolute atomic E-state index is 0. The summed E-state index contributed by atoms with van der Waals surface area (Å²) in [4.78, 5) is 12.7. The van der Waals surface area contributed by atoms with Gasteiger partial charge in [0.15, 0.2) is 0 Å². The van der Waals surface area contributed by atoms with Gasteiger partial charge in [0.1, 0.15) is 0 Å². The first-order valence-corrected chi connectivity index (χ1v) is 54.7. The van der Waals surface area contributed by atoms with E-state index in [9.17, 15) is 0 Å². The number of hydrogen-bond acceptors (Lipinski definition) is 2. The number of rotatable bonds is 77. The van der Waals surface area contributed by atoms with Crippen molar-refractivity contribution in [3.8, 4) is 94.7 Å². The molecule has 0 aliphatic heterocycles. The molecule has 0 aliphatic carbocycles. The average Bonchev–Trinajstić information content (AvgIpc) is 0.787. The van der Waals surface area contributed by atoms with Crippen LogP contribution in [0.25, 0.3) is 0 Å². The van der Waals surface area contributed by atoms with Gasteiger partial charge in [-0.25, -0.2) is 4.99 Å². The van der Waals surface area contributed by atoms with E-state index in [-0.39, 0.29) is 16.5 Å². The number of allylic oxidation sites excluding steroid dienone is 2. The molecule has 0 saturated carbocycles. The zero-order valence-electron chi connectivity index (χ0n) is 84.8. The molecule has 2 nitrogen and oxygen atoms in total. The van der Waals surface area contributed by atoms with E-state index in [0.29, 0.717) is 0 Å². The Morgan fingerprint density at radius 2 is 0.405 bits per heavy atom. The van der Waals surface area contributed by atoms with Gasteiger partial charge in [-0.2, -0.15) is 0 Å². The van der Waals surface area contributed by atoms with Gasteiger partial charge in [0.25, 0.3) is 0 Å². The van der Waals surface area contributed by atoms with Crippen molar-refractivity contribution in [1.82, 2.24) is 0 Å². The van der Waals surface area contributed by atoms with Crippen LogP contribution in [0.5, 0.6) is 0 Å². The molecule has 3 heteroatoms. The third kappa shape index (κ3) is 67.7. The molecule has 0 bridgehead atoms. The Kier molecular flexibility index (Phi) is 88.5. The van der Waals surface area contributed by atoms with E-state index in [1.807, 2.05) is 0 Å². The molecule has 706 valence electrons. The van der Waals surface area contributed by atoms with Gasteiger partial charge in [-0.05, 0) is 242 Å². The second kappa shape index (κ2) is 94.1. The first-order valence-electron chi connectivity index (χ1n) is 54.7. The number of aliphatic imine (C=N–C) groups is 2. The fraction of sp³-hybridized carbons (Fsp3) is 0.740. The van der Waals surface area contributed by atoms with Crippen molar-refractivity contribution in [2.75, 3.05) is 0 Å². The molecule has 0 atom stereocenters. The monoisotopic (exact) mass is 1760 g/mol. The van der Waals surface area contributed by atoms with Crippen LogP contribution in [0.15, 0.2) is 34.3 Å². The summed E-state index contributed by atoms with van der Waals surface area (Å²) in [6.45, 7) is 23.1. The van der Waals surface area contributed by atoms with Crippen molar-refractivity contribution >= 4 is 22.8 Å². The SMILES string of the molecule is CCCCCC#CCCCc1cc(N=C(/C=C/CCCCCCCCCCCCCCCCCCCCCCC)C(CCCC)=Nc2cc(CCCC#CCCCCC)c(CCCC#CCCCCC)c(CCCC#CCCCCC)c2CCCC#CCCCCC)c(CCCC#CCCCCC)c(CCCC#CCCCCC)c1CCCC#CCCCCC.[Ni+2]. The van der Waals surface area contributed by atoms with Crippen molar-refractivity contribution in [3.05, 3.63) is 68.8 Å². The van der Waals surface area contributed by atoms with Crippen LogP contribution in [-0.2, 0) is 67.9 Å². The zero-order chi connectivity index (χ0) is 89.8. The Morgan fingerprint density at radius 3 is 0.659 bits per heavy atom. The van der Waals surface area contributed by atoms with Crippen LogP contribution in [0.4, 0.5) is 11.4 Å². The molecule has 0 spiro atoms. The summed E-state index contributed by atoms with van der Waals surface area (Å²) in [5, 5.41) is 0. The maximum atomic E-state index is 6.37. The second-order valence-corrected chi connectivity index (χ2v) is 36.7. The molecule has 0 N–H and O–H groups in total. The summed E-state index contributed by atoms with van der Waals surface area (Å²) < 4.78 is 0. The standard InChI is InChI=1S/C123H196N2.Ni/c1-11-21-31-40-49-58-59-60-61-62-63-64-65-66-67-68-69-70-71-72-81-90-99-109-121(125-123-111-113(101-92-83-74-51-42-33-23-13-3)115(103-94-85-76-53-44-35-25-15-5)117(105-96-87-78-55-46-37-27-17-7)119(123)107-98-89-80-57-48-39-29-19-9)120(108-30-20-10)124-122-110-112(100-91-82-73-50-41-32-22-12-2)114(102-93-84-75-52-43-34-24-14-4)116(104-95-86-77-54-45-36-26-16-6)118(122)106-97-88-79-56-47-38-28-18-8;/h99,109-111H,11-49,58-72,81-98,100-108H2,1-10H3;/q;+2/b109-99+,124-120?,125-121?;. The van der Waals surface area contributed by atoms with Gasteiger partial charge in [-0.15, -0.1) is 94.7 Å². The molecule has 0 fully saturated rings. The van der Waals surface area contributed by atoms with Crippen LogP contribution in [-0.4, -0.2) is 11.4 Å². The molecule has 0 heterocycles. The Bertz CT molecular complexity index is 3560. The number of unbranched alkanes of at least 4 members (excludes halogenated alkanes) is 54. The van der Waals surface area contributed by atoms with E-state index in [4.69, 9.17) is 9.98 Å². The minimum atomic E-state index is 0. The van der Waals surface area contributed by atoms with E-state index in [1.54, 1.807) is 22.3 Å². The first-order chi connectivity index (χ1) is 61.9. The molecular weight excluding hydrogens is 1560 g/mol. The van der Waals surface area contributed by atoms with Crippen LogP contribution in [0.3, 0.4) is 0 Å². The van der Waals surface area contributed by atoms with Crippen LogP contribution in [0.2, 0.25) is 0 Å². The van der Waals surface area contributed by atoms with Gasteiger partial charge in [0.05, 0.1) is 22.8 Å². The summed E-state index contributed by atoms with van der Waals surface area (Å²) in [5.41, 5.74) is 16.6. The molecule has 0 unspecified atom stereocenters. The maximum absolute atomic E-state index is 6.37. The summed E-state index contributed by atoms with van der Waals surface area (Å²) in [7, 11) is 0. The van der Waals surface area contributed by atoms with Crippen molar-refractivity contribution in [3.63, 3.8) is 0 Å². The molecular formula is C123H196N2Ni+2. The van der Waals surface area contributed by atoms with Crippen molar-refractivity contribution < 1.29 is 16.5 Å². The molecule has 2 aromatic rings. The molecule has 0 aromatic heterocycles. The quantitative estimate of drug-likeness (QED) is 0.0273. The van der Waals surface area contributed by atoms with Crippen LogP contribution < -0.4 is 0 Å². The van der Waals surface area contributed by atoms with E-state index in [2.05, 4.69) is 188 Å². The largest absolute Gasteiger partial charge is 2.00 e. The number of benzene rings is 2. The molecule has 2 rings (SSSR count). The van der Waals surface area contributed by atoms with E-state index in [1.165, 1.54) is 317 Å². The maximum Gasteiger partial charge on any atom is 2.00 e. The van der Waals surface area contributed by atoms with E-state index in [0.717, 1.165) is 248 Å². The van der Waals surface area contributed by atoms with Crippen LogP contribution >= 0.6 is 0 Å². The summed E-state index contributed by atoms with van der Waals surface area (Å²) in [5.74, 6) is 58.5. The van der Waals surface area contributed by atoms with Gasteiger partial charge >= 0.3 is 16.5 Å². The Morgan fingerprint density at radius 1 is 0.206 bits per heavy atom. The van der Waals surface area contributed by atoms with Gasteiger partial charge in [0.2, 0.25) is 0 Å². The summed E-state index contributed by atoms with van der Waals surface area (Å²) in [6.07, 6.45) is 99.3. The molecule has 0 aliphatic rings. The van der Waals surface area contributed by atoms with E-state index >= 15 is 0 Å². The average molecular weight is 1760 g/mol. The van der Waals surface area contributed by atoms with Gasteiger partial charge in [-0.3, -0.25) is 4.99 Å². The number of nitrogens with zero attached hydrogens (tertiary/aromatic N) is 2. The summed E-state index contributed by atoms with van der Waals surface area (Å²) in [6, 6.07) is 5.23. The molecule has 0 radical (unpaired) electrons. The normalized spacial score (nSPS) is 11.1. The topological polar surface area (TPSA) is 24.7 Å². The predicted octanol–water partition coefficient (Wildman–Crippen LogP) is 38.1. The Hall–Kier alpha value is -5.51. The van der Waals surface area contributed by atoms with Crippen LogP contribution in [0.1, 0.15) is 582 Å². The number of hydrogen-bond donors (Lipinski definition) is 0. The van der Waals surface area contributed by atoms with Gasteiger partial charge < -0.3 is 0 Å². The molecule has 0 saturated heterocycles. The molecule has 126 heavy (non-hydrogen) atoms. The van der Waals surface area contributed by atoms with Crippen molar-refractivity contribution in [2.24, 2.45) is 9.98 Å². The predicted molar refractivity (Wildman–Crippen MR) is 562 cm³/mol. The van der Waals surface area contributed by atoms with E-state index < -0.39 is 0 Å². The number of aryl methyl sites for hydroxylation is 2. The van der Waals surface area contributed by atoms with Gasteiger partial charge in [-0.1, -0.05) is 313 Å². The molecule has 2 aromatic carbocycles. The third-order valence-electron chi connectivity index (χ3n) is 24.9. The van der Waals surface area contributed by atoms with Crippen molar-refractivity contribution in [2.45, 2.75) is 589 Å². The van der Waals surface area contributed by atoms with Crippen LogP contribution in [0, 0.1) is 94.7 Å². The summed E-state index contributed by atoms with van der Waals surface area (Å²) >= 11 is 0. The molecule has 0 amide bonds. The fourth-order valence-corrected chi connectivity index (χ4v) is 17.1. The minimum Gasteiger partial charge on any atom is -0.251 e. The second-order valence-electron chi connectivity index (χ2n) is 36.7. The van der Waals surface area contributed by atoms with Crippen molar-refractivity contribution in [1.29, 1.82) is 0 Å². The Balaban J connectivity index is 0.0000794. The Labute approximate surface area is 796 Å². The third-order valence-corrected chi connectivity index (χ3v) is 24.9. The van der Waals surface area contributed by atoms with Gasteiger partial charge in [0, 0.05) is 103 Å². The zero-order valence-corrected chi connectivity index (χ0v) is 85.8. The smallest absolute Gasteiger partial charge is 0.251 e.